The molecule has 0 bridgehead atoms. The number of aryl methyl sites for hydroxylation is 1. The fraction of sp³-hybridized carbons (Fsp3) is 0.600. The van der Waals surface area contributed by atoms with E-state index in [9.17, 15) is 4.79 Å². The summed E-state index contributed by atoms with van der Waals surface area (Å²) in [6, 6.07) is 0.701. The lowest BCUT2D eigenvalue weighted by molar-refractivity contribution is 0.0957. The molecule has 1 heterocycles. The normalized spacial score (nSPS) is 15.3. The lowest BCUT2D eigenvalue weighted by Gasteiger charge is -2.03. The highest BCUT2D eigenvalue weighted by Gasteiger charge is 2.19. The van der Waals surface area contributed by atoms with E-state index in [0.717, 1.165) is 11.6 Å². The number of carbonyl (C=O) groups excluding carboxylic acids is 1. The van der Waals surface area contributed by atoms with Gasteiger partial charge in [-0.05, 0) is 19.8 Å². The van der Waals surface area contributed by atoms with Gasteiger partial charge in [-0.1, -0.05) is 0 Å². The van der Waals surface area contributed by atoms with Crippen LogP contribution in [0.1, 0.15) is 27.5 Å². The summed E-state index contributed by atoms with van der Waals surface area (Å²) in [7, 11) is 0. The van der Waals surface area contributed by atoms with Crippen molar-refractivity contribution in [3.8, 4) is 0 Å². The van der Waals surface area contributed by atoms with Crippen molar-refractivity contribution in [2.45, 2.75) is 25.8 Å². The second kappa shape index (κ2) is 4.72. The van der Waals surface area contributed by atoms with Crippen LogP contribution in [0.5, 0.6) is 0 Å². The number of carbonyl (C=O) groups is 1. The minimum atomic E-state index is -0.0156. The third-order valence-electron chi connectivity index (χ3n) is 2.27. The summed E-state index contributed by atoms with van der Waals surface area (Å²) in [6.07, 6.45) is 4.19. The summed E-state index contributed by atoms with van der Waals surface area (Å²) in [5, 5.41) is 7.13. The summed E-state index contributed by atoms with van der Waals surface area (Å²) in [5.74, 6) is -0.0156. The molecule has 82 valence electrons. The minimum Gasteiger partial charge on any atom is -0.350 e. The molecule has 15 heavy (non-hydrogen) atoms. The van der Waals surface area contributed by atoms with Crippen LogP contribution in [-0.4, -0.2) is 30.0 Å². The van der Waals surface area contributed by atoms with Crippen LogP contribution in [0.2, 0.25) is 0 Å². The number of thiazole rings is 1. The van der Waals surface area contributed by atoms with Crippen molar-refractivity contribution in [2.75, 3.05) is 13.1 Å². The van der Waals surface area contributed by atoms with Gasteiger partial charge in [0.05, 0.1) is 11.2 Å². The summed E-state index contributed by atoms with van der Waals surface area (Å²) in [6.45, 7) is 3.44. The molecule has 0 spiro atoms. The first-order valence-electron chi connectivity index (χ1n) is 5.20. The van der Waals surface area contributed by atoms with Gasteiger partial charge in [0.15, 0.2) is 0 Å². The third-order valence-corrected chi connectivity index (χ3v) is 3.18. The maximum Gasteiger partial charge on any atom is 0.263 e. The summed E-state index contributed by atoms with van der Waals surface area (Å²) >= 11 is 1.43. The molecule has 0 radical (unpaired) electrons. The second-order valence-electron chi connectivity index (χ2n) is 3.73. The average Bonchev–Trinajstić information content (AvgIpc) is 2.94. The Morgan fingerprint density at radius 2 is 2.40 bits per heavy atom. The first-order chi connectivity index (χ1) is 7.25. The van der Waals surface area contributed by atoms with Gasteiger partial charge in [-0.2, -0.15) is 0 Å². The van der Waals surface area contributed by atoms with Crippen molar-refractivity contribution < 1.29 is 4.79 Å². The summed E-state index contributed by atoms with van der Waals surface area (Å²) in [5.41, 5.74) is 0. The molecule has 0 saturated heterocycles. The number of nitrogens with one attached hydrogen (secondary N) is 2. The SMILES string of the molecule is Cc1ncc(C(=O)NCCNC2CC2)s1. The molecule has 2 N–H and O–H groups in total. The fourth-order valence-corrected chi connectivity index (χ4v) is 1.99. The quantitative estimate of drug-likeness (QED) is 0.733. The standard InChI is InChI=1S/C10H15N3OS/c1-7-13-6-9(15-7)10(14)12-5-4-11-8-2-3-8/h6,8,11H,2-5H2,1H3,(H,12,14). The number of rotatable bonds is 5. The Balaban J connectivity index is 1.67. The third kappa shape index (κ3) is 3.28. The van der Waals surface area contributed by atoms with Crippen LogP contribution >= 0.6 is 11.3 Å². The van der Waals surface area contributed by atoms with Crippen molar-refractivity contribution in [2.24, 2.45) is 0 Å². The smallest absolute Gasteiger partial charge is 0.263 e. The summed E-state index contributed by atoms with van der Waals surface area (Å²) in [4.78, 5) is 16.3. The Labute approximate surface area is 93.1 Å². The van der Waals surface area contributed by atoms with Crippen molar-refractivity contribution >= 4 is 17.2 Å². The minimum absolute atomic E-state index is 0.0156. The number of hydrogen-bond acceptors (Lipinski definition) is 4. The van der Waals surface area contributed by atoms with Gasteiger partial charge in [-0.15, -0.1) is 11.3 Å². The van der Waals surface area contributed by atoms with Gasteiger partial charge in [0.25, 0.3) is 5.91 Å². The molecule has 1 amide bonds. The Bertz CT molecular complexity index is 346. The zero-order valence-electron chi connectivity index (χ0n) is 8.75. The van der Waals surface area contributed by atoms with Gasteiger partial charge < -0.3 is 10.6 Å². The Morgan fingerprint density at radius 1 is 1.60 bits per heavy atom. The molecule has 0 aromatic carbocycles. The van der Waals surface area contributed by atoms with E-state index >= 15 is 0 Å². The molecule has 0 aliphatic heterocycles. The molecule has 5 heteroatoms. The second-order valence-corrected chi connectivity index (χ2v) is 4.96. The van der Waals surface area contributed by atoms with E-state index in [4.69, 9.17) is 0 Å². The molecule has 1 fully saturated rings. The number of hydrogen-bond donors (Lipinski definition) is 2. The number of nitrogens with zero attached hydrogens (tertiary/aromatic N) is 1. The number of aromatic nitrogens is 1. The molecule has 1 aliphatic carbocycles. The van der Waals surface area contributed by atoms with E-state index < -0.39 is 0 Å². The zero-order chi connectivity index (χ0) is 10.7. The van der Waals surface area contributed by atoms with Crippen LogP contribution in [0.4, 0.5) is 0 Å². The van der Waals surface area contributed by atoms with Gasteiger partial charge in [0.1, 0.15) is 4.88 Å². The van der Waals surface area contributed by atoms with E-state index in [1.54, 1.807) is 6.20 Å². The zero-order valence-corrected chi connectivity index (χ0v) is 9.56. The van der Waals surface area contributed by atoms with Gasteiger partial charge in [0.2, 0.25) is 0 Å². The predicted molar refractivity (Wildman–Crippen MR) is 60.2 cm³/mol. The van der Waals surface area contributed by atoms with Crippen LogP contribution in [0.3, 0.4) is 0 Å². The van der Waals surface area contributed by atoms with E-state index in [2.05, 4.69) is 15.6 Å². The van der Waals surface area contributed by atoms with Crippen LogP contribution in [0.15, 0.2) is 6.20 Å². The Hall–Kier alpha value is -0.940. The van der Waals surface area contributed by atoms with Crippen molar-refractivity contribution in [3.05, 3.63) is 16.1 Å². The predicted octanol–water partition coefficient (Wildman–Crippen LogP) is 0.933. The summed E-state index contributed by atoms with van der Waals surface area (Å²) < 4.78 is 0. The molecule has 0 unspecified atom stereocenters. The maximum absolute atomic E-state index is 11.5. The average molecular weight is 225 g/mol. The highest BCUT2D eigenvalue weighted by atomic mass is 32.1. The van der Waals surface area contributed by atoms with Gasteiger partial charge in [-0.3, -0.25) is 4.79 Å². The molecule has 1 saturated carbocycles. The first kappa shape index (κ1) is 10.6. The van der Waals surface area contributed by atoms with Crippen molar-refractivity contribution in [3.63, 3.8) is 0 Å². The molecule has 2 rings (SSSR count). The molecular formula is C10H15N3OS. The van der Waals surface area contributed by atoms with Crippen LogP contribution in [-0.2, 0) is 0 Å². The van der Waals surface area contributed by atoms with E-state index in [-0.39, 0.29) is 5.91 Å². The van der Waals surface area contributed by atoms with E-state index in [0.29, 0.717) is 17.5 Å². The molecule has 1 aromatic heterocycles. The van der Waals surface area contributed by atoms with Gasteiger partial charge >= 0.3 is 0 Å². The molecule has 0 atom stereocenters. The van der Waals surface area contributed by atoms with Crippen LogP contribution < -0.4 is 10.6 Å². The van der Waals surface area contributed by atoms with Crippen molar-refractivity contribution in [1.82, 2.24) is 15.6 Å². The first-order valence-corrected chi connectivity index (χ1v) is 6.01. The van der Waals surface area contributed by atoms with Gasteiger partial charge in [-0.25, -0.2) is 4.98 Å². The molecule has 1 aliphatic rings. The largest absolute Gasteiger partial charge is 0.350 e. The van der Waals surface area contributed by atoms with Crippen LogP contribution in [0.25, 0.3) is 0 Å². The van der Waals surface area contributed by atoms with E-state index in [1.165, 1.54) is 24.2 Å². The van der Waals surface area contributed by atoms with Crippen molar-refractivity contribution in [1.29, 1.82) is 0 Å². The topological polar surface area (TPSA) is 54.0 Å². The van der Waals surface area contributed by atoms with E-state index in [1.807, 2.05) is 6.92 Å². The molecule has 4 nitrogen and oxygen atoms in total. The highest BCUT2D eigenvalue weighted by Crippen LogP contribution is 2.17. The highest BCUT2D eigenvalue weighted by molar-refractivity contribution is 7.13. The Morgan fingerprint density at radius 3 is 3.00 bits per heavy atom. The lowest BCUT2D eigenvalue weighted by Crippen LogP contribution is -2.32. The van der Waals surface area contributed by atoms with Crippen LogP contribution in [0, 0.1) is 6.92 Å². The maximum atomic E-state index is 11.5. The monoisotopic (exact) mass is 225 g/mol. The Kier molecular flexibility index (Phi) is 3.33. The molecule has 1 aromatic rings. The lowest BCUT2D eigenvalue weighted by atomic mass is 10.5. The van der Waals surface area contributed by atoms with Gasteiger partial charge in [0, 0.05) is 19.1 Å². The fourth-order valence-electron chi connectivity index (χ4n) is 1.29. The number of amides is 1. The molecular weight excluding hydrogens is 210 g/mol.